The van der Waals surface area contributed by atoms with Crippen molar-refractivity contribution in [1.82, 2.24) is 0 Å². The van der Waals surface area contributed by atoms with Gasteiger partial charge in [-0.1, -0.05) is 51.3 Å². The molecule has 1 amide bonds. The maximum Gasteiger partial charge on any atom is 0.264 e. The molecule has 7 heteroatoms. The number of carbonyl (C=O) groups excluding carboxylic acids is 2. The number of halogens is 2. The Morgan fingerprint density at radius 2 is 1.93 bits per heavy atom. The zero-order valence-corrected chi connectivity index (χ0v) is 19.6. The number of amides is 1. The summed E-state index contributed by atoms with van der Waals surface area (Å²) in [6.45, 7) is 4.32. The Bertz CT molecular complexity index is 1180. The molecule has 1 aliphatic rings. The molecule has 1 atom stereocenters. The molecule has 2 heterocycles. The largest absolute Gasteiger partial charge is 0.375 e. The molecule has 0 saturated carbocycles. The van der Waals surface area contributed by atoms with Gasteiger partial charge in [-0.3, -0.25) is 9.59 Å². The van der Waals surface area contributed by atoms with Crippen LogP contribution in [0.3, 0.4) is 0 Å². The molecule has 1 aromatic heterocycles. The molecule has 0 spiro atoms. The van der Waals surface area contributed by atoms with E-state index in [-0.39, 0.29) is 12.2 Å². The van der Waals surface area contributed by atoms with Crippen LogP contribution in [0.15, 0.2) is 53.0 Å². The third kappa shape index (κ3) is 3.73. The van der Waals surface area contributed by atoms with Crippen molar-refractivity contribution in [1.29, 1.82) is 0 Å². The highest BCUT2D eigenvalue weighted by atomic mass is 79.9. The Morgan fingerprint density at radius 3 is 2.63 bits per heavy atom. The van der Waals surface area contributed by atoms with Crippen LogP contribution in [-0.4, -0.2) is 16.8 Å². The fourth-order valence-electron chi connectivity index (χ4n) is 3.78. The molecule has 1 unspecified atom stereocenters. The van der Waals surface area contributed by atoms with E-state index in [1.807, 2.05) is 38.1 Å². The van der Waals surface area contributed by atoms with Crippen molar-refractivity contribution >= 4 is 56.2 Å². The lowest BCUT2D eigenvalue weighted by Gasteiger charge is -2.23. The minimum absolute atomic E-state index is 0.317. The number of carbonyl (C=O) groups is 2. The molecule has 2 aromatic carbocycles. The van der Waals surface area contributed by atoms with Gasteiger partial charge in [-0.05, 0) is 55.3 Å². The van der Waals surface area contributed by atoms with Crippen LogP contribution >= 0.6 is 38.9 Å². The molecule has 0 aliphatic carbocycles. The molecule has 0 saturated heterocycles. The summed E-state index contributed by atoms with van der Waals surface area (Å²) in [5.74, 6) is -0.810. The van der Waals surface area contributed by atoms with E-state index in [0.717, 1.165) is 32.5 Å². The second-order valence-corrected chi connectivity index (χ2v) is 10.2. The first kappa shape index (κ1) is 21.2. The maximum atomic E-state index is 13.5. The van der Waals surface area contributed by atoms with Gasteiger partial charge in [-0.2, -0.15) is 0 Å². The summed E-state index contributed by atoms with van der Waals surface area (Å²) in [6.07, 6.45) is -0.338. The van der Waals surface area contributed by atoms with Gasteiger partial charge >= 0.3 is 0 Å². The third-order valence-corrected chi connectivity index (χ3v) is 7.16. The number of anilines is 1. The lowest BCUT2D eigenvalue weighted by molar-refractivity contribution is -0.136. The molecular weight excluding hydrogens is 486 g/mol. The van der Waals surface area contributed by atoms with Gasteiger partial charge in [0.2, 0.25) is 0 Å². The second kappa shape index (κ2) is 7.93. The van der Waals surface area contributed by atoms with E-state index >= 15 is 0 Å². The topological polar surface area (TPSA) is 57.6 Å². The number of rotatable bonds is 5. The van der Waals surface area contributed by atoms with Gasteiger partial charge in [0.25, 0.3) is 5.91 Å². The van der Waals surface area contributed by atoms with Crippen LogP contribution in [0, 0.1) is 13.8 Å². The van der Waals surface area contributed by atoms with Crippen molar-refractivity contribution in [2.75, 3.05) is 4.90 Å². The summed E-state index contributed by atoms with van der Waals surface area (Å²) in [4.78, 5) is 28.3. The fraction of sp³-hybridized carbons (Fsp3) is 0.217. The summed E-state index contributed by atoms with van der Waals surface area (Å²) in [5.41, 5.74) is 2.28. The number of aryl methyl sites for hydroxylation is 2. The summed E-state index contributed by atoms with van der Waals surface area (Å²) in [7, 11) is 0. The monoisotopic (exact) mass is 503 g/mol. The lowest BCUT2D eigenvalue weighted by Crippen LogP contribution is -2.41. The van der Waals surface area contributed by atoms with Gasteiger partial charge in [0, 0.05) is 10.0 Å². The predicted octanol–water partition coefficient (Wildman–Crippen LogP) is 5.79. The average Bonchev–Trinajstić information content (AvgIpc) is 3.21. The van der Waals surface area contributed by atoms with E-state index in [0.29, 0.717) is 27.0 Å². The van der Waals surface area contributed by atoms with E-state index in [9.17, 15) is 14.7 Å². The number of ketones is 1. The molecule has 4 rings (SSSR count). The number of fused-ring (bicyclic) bond motifs is 1. The van der Waals surface area contributed by atoms with Crippen molar-refractivity contribution < 1.29 is 14.7 Å². The average molecular weight is 505 g/mol. The highest BCUT2D eigenvalue weighted by Crippen LogP contribution is 2.45. The summed E-state index contributed by atoms with van der Waals surface area (Å²) in [5, 5.41) is 11.5. The Labute approximate surface area is 192 Å². The van der Waals surface area contributed by atoms with Crippen LogP contribution in [0.5, 0.6) is 0 Å². The molecule has 0 radical (unpaired) electrons. The zero-order valence-electron chi connectivity index (χ0n) is 16.4. The number of nitrogens with zero attached hydrogens (tertiary/aromatic N) is 1. The first-order chi connectivity index (χ1) is 14.2. The molecule has 0 bridgehead atoms. The van der Waals surface area contributed by atoms with Crippen LogP contribution in [0.4, 0.5) is 5.69 Å². The van der Waals surface area contributed by atoms with E-state index in [1.165, 1.54) is 0 Å². The van der Waals surface area contributed by atoms with Crippen molar-refractivity contribution in [3.8, 4) is 0 Å². The number of aliphatic hydroxyl groups is 1. The number of Topliss-reactive ketones (excluding diaryl/α,β-unsaturated/α-hetero) is 1. The standard InChI is InChI=1S/C23H19BrClNO3S/c1-13-3-4-14(2)15(9-13)12-26-18-6-5-16(24)10-17(18)23(29,22(26)28)11-19(27)20-7-8-21(25)30-20/h3-10,29H,11-12H2,1-2H3. The lowest BCUT2D eigenvalue weighted by atomic mass is 9.89. The van der Waals surface area contributed by atoms with Crippen molar-refractivity contribution in [2.45, 2.75) is 32.4 Å². The second-order valence-electron chi connectivity index (χ2n) is 7.55. The van der Waals surface area contributed by atoms with Gasteiger partial charge in [0.05, 0.1) is 27.9 Å². The molecule has 3 aromatic rings. The summed E-state index contributed by atoms with van der Waals surface area (Å²) >= 11 is 10.5. The van der Waals surface area contributed by atoms with Gasteiger partial charge in [0.15, 0.2) is 11.4 Å². The van der Waals surface area contributed by atoms with Crippen molar-refractivity contribution in [2.24, 2.45) is 0 Å². The normalized spacial score (nSPS) is 18.0. The van der Waals surface area contributed by atoms with E-state index < -0.39 is 11.5 Å². The number of thiophene rings is 1. The Kier molecular flexibility index (Phi) is 5.62. The van der Waals surface area contributed by atoms with Crippen LogP contribution in [0.1, 0.15) is 38.3 Å². The first-order valence-corrected chi connectivity index (χ1v) is 11.4. The molecule has 4 nitrogen and oxygen atoms in total. The molecule has 0 fully saturated rings. The quantitative estimate of drug-likeness (QED) is 0.448. The molecule has 1 N–H and O–H groups in total. The number of hydrogen-bond acceptors (Lipinski definition) is 4. The van der Waals surface area contributed by atoms with Gasteiger partial charge in [-0.25, -0.2) is 0 Å². The molecule has 1 aliphatic heterocycles. The van der Waals surface area contributed by atoms with E-state index in [4.69, 9.17) is 11.6 Å². The highest BCUT2D eigenvalue weighted by Gasteiger charge is 2.51. The highest BCUT2D eigenvalue weighted by molar-refractivity contribution is 9.10. The minimum Gasteiger partial charge on any atom is -0.375 e. The Balaban J connectivity index is 1.74. The van der Waals surface area contributed by atoms with Crippen LogP contribution < -0.4 is 4.90 Å². The fourth-order valence-corrected chi connectivity index (χ4v) is 5.12. The molecular formula is C23H19BrClNO3S. The smallest absolute Gasteiger partial charge is 0.264 e. The predicted molar refractivity (Wildman–Crippen MR) is 123 cm³/mol. The van der Waals surface area contributed by atoms with E-state index in [1.54, 1.807) is 29.2 Å². The minimum atomic E-state index is -1.93. The maximum absolute atomic E-state index is 13.5. The summed E-state index contributed by atoms with van der Waals surface area (Å²) < 4.78 is 1.22. The molecule has 30 heavy (non-hydrogen) atoms. The SMILES string of the molecule is Cc1ccc(C)c(CN2C(=O)C(O)(CC(=O)c3ccc(Cl)s3)c3cc(Br)ccc32)c1. The Hall–Kier alpha value is -1.99. The van der Waals surface area contributed by atoms with Crippen LogP contribution in [-0.2, 0) is 16.9 Å². The number of hydrogen-bond donors (Lipinski definition) is 1. The van der Waals surface area contributed by atoms with E-state index in [2.05, 4.69) is 15.9 Å². The van der Waals surface area contributed by atoms with Crippen molar-refractivity contribution in [3.63, 3.8) is 0 Å². The van der Waals surface area contributed by atoms with Crippen LogP contribution in [0.25, 0.3) is 0 Å². The van der Waals surface area contributed by atoms with Gasteiger partial charge in [-0.15, -0.1) is 11.3 Å². The van der Waals surface area contributed by atoms with Gasteiger partial charge in [0.1, 0.15) is 0 Å². The number of benzene rings is 2. The Morgan fingerprint density at radius 1 is 1.17 bits per heavy atom. The molecule has 154 valence electrons. The first-order valence-electron chi connectivity index (χ1n) is 9.38. The van der Waals surface area contributed by atoms with Crippen LogP contribution in [0.2, 0.25) is 4.34 Å². The summed E-state index contributed by atoms with van der Waals surface area (Å²) in [6, 6.07) is 14.7. The van der Waals surface area contributed by atoms with Crippen molar-refractivity contribution in [3.05, 3.63) is 84.5 Å². The third-order valence-electron chi connectivity index (χ3n) is 5.39. The zero-order chi connectivity index (χ0) is 21.6. The van der Waals surface area contributed by atoms with Gasteiger partial charge < -0.3 is 10.0 Å².